The van der Waals surface area contributed by atoms with Gasteiger partial charge in [-0.15, -0.1) is 11.8 Å². The minimum Gasteiger partial charge on any atom is -0.492 e. The van der Waals surface area contributed by atoms with E-state index in [0.717, 1.165) is 12.2 Å². The van der Waals surface area contributed by atoms with Crippen LogP contribution in [0.1, 0.15) is 24.5 Å². The van der Waals surface area contributed by atoms with Crippen molar-refractivity contribution in [2.75, 3.05) is 6.61 Å². The Bertz CT molecular complexity index is 355. The van der Waals surface area contributed by atoms with Crippen molar-refractivity contribution in [3.63, 3.8) is 0 Å². The Labute approximate surface area is 86.1 Å². The topological polar surface area (TPSA) is 9.23 Å². The van der Waals surface area contributed by atoms with Crippen molar-refractivity contribution < 1.29 is 4.74 Å². The maximum atomic E-state index is 5.59. The summed E-state index contributed by atoms with van der Waals surface area (Å²) in [4.78, 5) is 0. The molecule has 1 nitrogen and oxygen atoms in total. The van der Waals surface area contributed by atoms with Gasteiger partial charge in [0.1, 0.15) is 5.75 Å². The average Bonchev–Trinajstić information content (AvgIpc) is 2.15. The predicted octanol–water partition coefficient (Wildman–Crippen LogP) is 3.10. The molecule has 14 heavy (non-hydrogen) atoms. The van der Waals surface area contributed by atoms with E-state index in [2.05, 4.69) is 37.8 Å². The summed E-state index contributed by atoms with van der Waals surface area (Å²) in [5.41, 5.74) is 2.46. The van der Waals surface area contributed by atoms with E-state index in [1.165, 1.54) is 11.1 Å². The second kappa shape index (κ2) is 5.34. The van der Waals surface area contributed by atoms with Crippen molar-refractivity contribution >= 4 is 0 Å². The highest BCUT2D eigenvalue weighted by atomic mass is 16.5. The molecule has 0 atom stereocenters. The highest BCUT2D eigenvalue weighted by Gasteiger charge is 1.97. The summed E-state index contributed by atoms with van der Waals surface area (Å²) in [5.74, 6) is 6.79. The second-order valence-corrected chi connectivity index (χ2v) is 3.29. The summed E-state index contributed by atoms with van der Waals surface area (Å²) >= 11 is 0. The summed E-state index contributed by atoms with van der Waals surface area (Å²) in [6.45, 7) is 6.66. The van der Waals surface area contributed by atoms with Crippen LogP contribution in [0.4, 0.5) is 0 Å². The van der Waals surface area contributed by atoms with Gasteiger partial charge in [-0.3, -0.25) is 0 Å². The first kappa shape index (κ1) is 10.7. The fourth-order valence-electron chi connectivity index (χ4n) is 1.30. The number of ether oxygens (including phenoxy) is 1. The normalized spacial score (nSPS) is 9.07. The highest BCUT2D eigenvalue weighted by molar-refractivity contribution is 5.35. The second-order valence-electron chi connectivity index (χ2n) is 3.29. The molecule has 0 fully saturated rings. The lowest BCUT2D eigenvalue weighted by Gasteiger charge is -2.07. The first-order valence-corrected chi connectivity index (χ1v) is 4.83. The van der Waals surface area contributed by atoms with Crippen LogP contribution in [0, 0.1) is 25.7 Å². The number of benzene rings is 1. The molecule has 1 heteroatoms. The smallest absolute Gasteiger partial charge is 0.122 e. The monoisotopic (exact) mass is 188 g/mol. The Morgan fingerprint density at radius 1 is 1.29 bits per heavy atom. The van der Waals surface area contributed by atoms with E-state index in [4.69, 9.17) is 4.74 Å². The predicted molar refractivity (Wildman–Crippen MR) is 59.5 cm³/mol. The Morgan fingerprint density at radius 3 is 2.71 bits per heavy atom. The summed E-state index contributed by atoms with van der Waals surface area (Å²) < 4.78 is 5.59. The molecule has 0 bridgehead atoms. The van der Waals surface area contributed by atoms with Crippen LogP contribution < -0.4 is 4.74 Å². The number of hydrogen-bond acceptors (Lipinski definition) is 1. The van der Waals surface area contributed by atoms with Gasteiger partial charge in [0, 0.05) is 6.42 Å². The molecule has 1 aromatic rings. The van der Waals surface area contributed by atoms with E-state index in [0.29, 0.717) is 6.61 Å². The number of rotatable bonds is 3. The van der Waals surface area contributed by atoms with Crippen molar-refractivity contribution in [2.45, 2.75) is 27.2 Å². The Morgan fingerprint density at radius 2 is 2.07 bits per heavy atom. The molecule has 0 aliphatic rings. The Hall–Kier alpha value is -1.42. The zero-order valence-corrected chi connectivity index (χ0v) is 9.05. The van der Waals surface area contributed by atoms with E-state index in [1.54, 1.807) is 0 Å². The summed E-state index contributed by atoms with van der Waals surface area (Å²) in [7, 11) is 0. The van der Waals surface area contributed by atoms with E-state index in [1.807, 2.05) is 13.0 Å². The van der Waals surface area contributed by atoms with Gasteiger partial charge in [-0.1, -0.05) is 17.7 Å². The Kier molecular flexibility index (Phi) is 4.07. The van der Waals surface area contributed by atoms with Crippen LogP contribution >= 0.6 is 0 Å². The highest BCUT2D eigenvalue weighted by Crippen LogP contribution is 2.18. The molecule has 0 aliphatic heterocycles. The van der Waals surface area contributed by atoms with Crippen LogP contribution in [0.25, 0.3) is 0 Å². The molecular formula is C13H16O. The average molecular weight is 188 g/mol. The largest absolute Gasteiger partial charge is 0.492 e. The minimum atomic E-state index is 0.671. The van der Waals surface area contributed by atoms with E-state index >= 15 is 0 Å². The van der Waals surface area contributed by atoms with Crippen molar-refractivity contribution in [3.05, 3.63) is 29.3 Å². The standard InChI is InChI=1S/C13H16O/c1-4-5-6-9-14-13-8-7-11(2)10-12(13)3/h7-8,10H,6,9H2,1-3H3. The molecular weight excluding hydrogens is 172 g/mol. The molecule has 74 valence electrons. The van der Waals surface area contributed by atoms with Crippen LogP contribution in [0.5, 0.6) is 5.75 Å². The molecule has 1 aromatic carbocycles. The third kappa shape index (κ3) is 3.14. The van der Waals surface area contributed by atoms with Gasteiger partial charge in [0.25, 0.3) is 0 Å². The molecule has 0 amide bonds. The molecule has 1 rings (SSSR count). The van der Waals surface area contributed by atoms with Crippen LogP contribution in [-0.2, 0) is 0 Å². The van der Waals surface area contributed by atoms with Gasteiger partial charge < -0.3 is 4.74 Å². The molecule has 0 aromatic heterocycles. The first-order valence-electron chi connectivity index (χ1n) is 4.83. The van der Waals surface area contributed by atoms with Gasteiger partial charge in [-0.05, 0) is 32.4 Å². The van der Waals surface area contributed by atoms with Crippen molar-refractivity contribution in [3.8, 4) is 17.6 Å². The maximum Gasteiger partial charge on any atom is 0.122 e. The Balaban J connectivity index is 2.53. The fraction of sp³-hybridized carbons (Fsp3) is 0.385. The van der Waals surface area contributed by atoms with Gasteiger partial charge >= 0.3 is 0 Å². The molecule has 0 saturated heterocycles. The van der Waals surface area contributed by atoms with Gasteiger partial charge in [0.2, 0.25) is 0 Å². The van der Waals surface area contributed by atoms with E-state index in [9.17, 15) is 0 Å². The number of hydrogen-bond donors (Lipinski definition) is 0. The fourth-order valence-corrected chi connectivity index (χ4v) is 1.30. The van der Waals surface area contributed by atoms with Crippen molar-refractivity contribution in [1.82, 2.24) is 0 Å². The summed E-state index contributed by atoms with van der Waals surface area (Å²) in [6.07, 6.45) is 0.795. The quantitative estimate of drug-likeness (QED) is 0.523. The van der Waals surface area contributed by atoms with Crippen LogP contribution in [-0.4, -0.2) is 6.61 Å². The van der Waals surface area contributed by atoms with Crippen LogP contribution in [0.15, 0.2) is 18.2 Å². The molecule has 0 aliphatic carbocycles. The zero-order valence-electron chi connectivity index (χ0n) is 9.05. The maximum absolute atomic E-state index is 5.59. The molecule has 0 N–H and O–H groups in total. The van der Waals surface area contributed by atoms with Crippen LogP contribution in [0.3, 0.4) is 0 Å². The molecule has 0 saturated carbocycles. The van der Waals surface area contributed by atoms with E-state index < -0.39 is 0 Å². The third-order valence-electron chi connectivity index (χ3n) is 1.99. The molecule has 0 unspecified atom stereocenters. The minimum absolute atomic E-state index is 0.671. The van der Waals surface area contributed by atoms with Gasteiger partial charge in [0.15, 0.2) is 0 Å². The third-order valence-corrected chi connectivity index (χ3v) is 1.99. The van der Waals surface area contributed by atoms with Gasteiger partial charge in [-0.2, -0.15) is 0 Å². The van der Waals surface area contributed by atoms with Crippen molar-refractivity contribution in [1.29, 1.82) is 0 Å². The SMILES string of the molecule is CC#CCCOc1ccc(C)cc1C. The molecule has 0 spiro atoms. The lowest BCUT2D eigenvalue weighted by atomic mass is 10.1. The van der Waals surface area contributed by atoms with Crippen molar-refractivity contribution in [2.24, 2.45) is 0 Å². The lowest BCUT2D eigenvalue weighted by Crippen LogP contribution is -1.97. The first-order chi connectivity index (χ1) is 6.74. The summed E-state index contributed by atoms with van der Waals surface area (Å²) in [5, 5.41) is 0. The molecule has 0 radical (unpaired) electrons. The zero-order chi connectivity index (χ0) is 10.4. The summed E-state index contributed by atoms with van der Waals surface area (Å²) in [6, 6.07) is 6.21. The molecule has 0 heterocycles. The lowest BCUT2D eigenvalue weighted by molar-refractivity contribution is 0.325. The van der Waals surface area contributed by atoms with E-state index in [-0.39, 0.29) is 0 Å². The van der Waals surface area contributed by atoms with Crippen LogP contribution in [0.2, 0.25) is 0 Å². The van der Waals surface area contributed by atoms with Gasteiger partial charge in [-0.25, -0.2) is 0 Å². The number of aryl methyl sites for hydroxylation is 2. The van der Waals surface area contributed by atoms with Gasteiger partial charge in [0.05, 0.1) is 6.61 Å².